The van der Waals surface area contributed by atoms with Crippen LogP contribution in [0.5, 0.6) is 11.5 Å². The van der Waals surface area contributed by atoms with E-state index in [1.165, 1.54) is 5.56 Å². The summed E-state index contributed by atoms with van der Waals surface area (Å²) in [6.07, 6.45) is 4.53. The van der Waals surface area contributed by atoms with E-state index in [1.54, 1.807) is 19.5 Å². The predicted octanol–water partition coefficient (Wildman–Crippen LogP) is 5.52. The van der Waals surface area contributed by atoms with Crippen LogP contribution in [0.25, 0.3) is 17.1 Å². The molecule has 0 aliphatic rings. The van der Waals surface area contributed by atoms with E-state index >= 15 is 0 Å². The molecule has 0 aliphatic heterocycles. The highest BCUT2D eigenvalue weighted by Crippen LogP contribution is 2.29. The van der Waals surface area contributed by atoms with E-state index in [2.05, 4.69) is 47.1 Å². The minimum atomic E-state index is 0.534. The van der Waals surface area contributed by atoms with E-state index in [9.17, 15) is 0 Å². The van der Waals surface area contributed by atoms with Gasteiger partial charge in [0.2, 0.25) is 4.77 Å². The van der Waals surface area contributed by atoms with Gasteiger partial charge in [-0.1, -0.05) is 25.1 Å². The Kier molecular flexibility index (Phi) is 7.94. The van der Waals surface area contributed by atoms with Crippen molar-refractivity contribution in [3.05, 3.63) is 82.9 Å². The van der Waals surface area contributed by atoms with Gasteiger partial charge in [0.15, 0.2) is 17.3 Å². The zero-order chi connectivity index (χ0) is 24.8. The fourth-order valence-electron chi connectivity index (χ4n) is 3.98. The monoisotopic (exact) mass is 489 g/mol. The summed E-state index contributed by atoms with van der Waals surface area (Å²) in [5, 5.41) is 4.91. The fraction of sp³-hybridized carbons (Fsp3) is 0.296. The van der Waals surface area contributed by atoms with Crippen LogP contribution in [0, 0.1) is 4.77 Å². The van der Waals surface area contributed by atoms with Gasteiger partial charge in [-0.05, 0) is 80.1 Å². The maximum absolute atomic E-state index is 5.91. The van der Waals surface area contributed by atoms with Crippen molar-refractivity contribution >= 4 is 12.2 Å². The highest BCUT2D eigenvalue weighted by Gasteiger charge is 2.16. The highest BCUT2D eigenvalue weighted by atomic mass is 32.1. The number of methoxy groups -OCH3 is 1. The number of rotatable bonds is 10. The molecule has 2 aromatic heterocycles. The van der Waals surface area contributed by atoms with Crippen LogP contribution < -0.4 is 9.47 Å². The first-order valence-electron chi connectivity index (χ1n) is 11.7. The van der Waals surface area contributed by atoms with E-state index in [-0.39, 0.29) is 0 Å². The van der Waals surface area contributed by atoms with E-state index < -0.39 is 0 Å². The van der Waals surface area contributed by atoms with Crippen molar-refractivity contribution in [1.82, 2.24) is 24.2 Å². The predicted molar refractivity (Wildman–Crippen MR) is 141 cm³/mol. The molecule has 0 bridgehead atoms. The second kappa shape index (κ2) is 11.3. The van der Waals surface area contributed by atoms with Crippen molar-refractivity contribution in [2.24, 2.45) is 0 Å². The molecule has 0 saturated carbocycles. The van der Waals surface area contributed by atoms with Gasteiger partial charge in [0.05, 0.1) is 20.4 Å². The Morgan fingerprint density at radius 3 is 2.31 bits per heavy atom. The average molecular weight is 490 g/mol. The Morgan fingerprint density at radius 2 is 1.66 bits per heavy atom. The van der Waals surface area contributed by atoms with Crippen LogP contribution in [0.15, 0.2) is 67.0 Å². The minimum Gasteiger partial charge on any atom is -0.493 e. The molecule has 4 rings (SSSR count). The molecule has 182 valence electrons. The van der Waals surface area contributed by atoms with Crippen LogP contribution in [-0.2, 0) is 19.6 Å². The number of aryl methyl sites for hydroxylation is 1. The molecule has 35 heavy (non-hydrogen) atoms. The molecule has 8 heteroatoms. The number of aromatic nitrogens is 4. The first-order valence-corrected chi connectivity index (χ1v) is 12.1. The highest BCUT2D eigenvalue weighted by molar-refractivity contribution is 7.71. The third-order valence-corrected chi connectivity index (χ3v) is 6.13. The van der Waals surface area contributed by atoms with Gasteiger partial charge in [0.1, 0.15) is 0 Å². The van der Waals surface area contributed by atoms with E-state index in [1.807, 2.05) is 47.5 Å². The summed E-state index contributed by atoms with van der Waals surface area (Å²) < 4.78 is 15.7. The van der Waals surface area contributed by atoms with Crippen LogP contribution in [0.1, 0.15) is 25.0 Å². The van der Waals surface area contributed by atoms with Gasteiger partial charge in [0.25, 0.3) is 0 Å². The van der Waals surface area contributed by atoms with Crippen molar-refractivity contribution in [2.75, 3.05) is 20.8 Å². The summed E-state index contributed by atoms with van der Waals surface area (Å²) in [5.74, 6) is 2.27. The summed E-state index contributed by atoms with van der Waals surface area (Å²) >= 11 is 5.91. The molecule has 0 fully saturated rings. The summed E-state index contributed by atoms with van der Waals surface area (Å²) in [6, 6.07) is 18.4. The zero-order valence-corrected chi connectivity index (χ0v) is 21.5. The van der Waals surface area contributed by atoms with Gasteiger partial charge >= 0.3 is 0 Å². The van der Waals surface area contributed by atoms with Gasteiger partial charge in [-0.15, -0.1) is 5.10 Å². The normalized spacial score (nSPS) is 11.1. The summed E-state index contributed by atoms with van der Waals surface area (Å²) in [4.78, 5) is 6.32. The third kappa shape index (κ3) is 5.61. The Morgan fingerprint density at radius 1 is 0.943 bits per heavy atom. The Hall–Kier alpha value is -3.49. The van der Waals surface area contributed by atoms with Crippen LogP contribution in [0.4, 0.5) is 0 Å². The smallest absolute Gasteiger partial charge is 0.204 e. The maximum atomic E-state index is 5.91. The van der Waals surface area contributed by atoms with E-state index in [0.29, 0.717) is 24.6 Å². The molecule has 0 atom stereocenters. The quantitative estimate of drug-likeness (QED) is 0.273. The molecule has 0 amide bonds. The lowest BCUT2D eigenvalue weighted by atomic mass is 10.1. The molecule has 0 radical (unpaired) electrons. The van der Waals surface area contributed by atoms with Crippen molar-refractivity contribution in [3.63, 3.8) is 0 Å². The van der Waals surface area contributed by atoms with E-state index in [0.717, 1.165) is 40.6 Å². The second-order valence-electron chi connectivity index (χ2n) is 8.27. The summed E-state index contributed by atoms with van der Waals surface area (Å²) in [5.41, 5.74) is 4.35. The van der Waals surface area contributed by atoms with Crippen LogP contribution in [-0.4, -0.2) is 45.0 Å². The Bertz CT molecular complexity index is 1320. The number of nitrogens with zero attached hydrogens (tertiary/aromatic N) is 5. The van der Waals surface area contributed by atoms with Crippen molar-refractivity contribution < 1.29 is 9.47 Å². The van der Waals surface area contributed by atoms with E-state index in [4.69, 9.17) is 26.8 Å². The first-order chi connectivity index (χ1) is 17.0. The number of benzene rings is 2. The first kappa shape index (κ1) is 24.6. The molecule has 0 N–H and O–H groups in total. The topological polar surface area (TPSA) is 57.3 Å². The van der Waals surface area contributed by atoms with Gasteiger partial charge in [0, 0.05) is 30.2 Å². The average Bonchev–Trinajstić information content (AvgIpc) is 3.21. The van der Waals surface area contributed by atoms with Gasteiger partial charge in [-0.3, -0.25) is 14.5 Å². The molecule has 2 heterocycles. The van der Waals surface area contributed by atoms with Crippen molar-refractivity contribution in [2.45, 2.75) is 33.5 Å². The SMILES string of the molecule is CCOc1ccc(CN(C)Cn2nc(-c3ccncc3)n(-c3ccc(CC)cc3)c2=S)cc1OC. The molecule has 7 nitrogen and oxygen atoms in total. The summed E-state index contributed by atoms with van der Waals surface area (Å²) in [7, 11) is 3.71. The third-order valence-electron chi connectivity index (χ3n) is 5.74. The lowest BCUT2D eigenvalue weighted by Crippen LogP contribution is -2.22. The Balaban J connectivity index is 1.63. The number of ether oxygens (including phenoxy) is 2. The van der Waals surface area contributed by atoms with Gasteiger partial charge < -0.3 is 9.47 Å². The molecule has 0 aliphatic carbocycles. The van der Waals surface area contributed by atoms with Gasteiger partial charge in [-0.2, -0.15) is 0 Å². The van der Waals surface area contributed by atoms with Crippen LogP contribution in [0.3, 0.4) is 0 Å². The molecule has 0 saturated heterocycles. The fourth-order valence-corrected chi connectivity index (χ4v) is 4.27. The molecular weight excluding hydrogens is 458 g/mol. The second-order valence-corrected chi connectivity index (χ2v) is 8.64. The molecule has 0 unspecified atom stereocenters. The lowest BCUT2D eigenvalue weighted by Gasteiger charge is -2.18. The minimum absolute atomic E-state index is 0.534. The largest absolute Gasteiger partial charge is 0.493 e. The molecular formula is C27H31N5O2S. The molecule has 0 spiro atoms. The Labute approximate surface area is 211 Å². The van der Waals surface area contributed by atoms with Crippen LogP contribution >= 0.6 is 12.2 Å². The number of hydrogen-bond acceptors (Lipinski definition) is 6. The van der Waals surface area contributed by atoms with Gasteiger partial charge in [-0.25, -0.2) is 4.68 Å². The van der Waals surface area contributed by atoms with Crippen molar-refractivity contribution in [1.29, 1.82) is 0 Å². The molecule has 2 aromatic carbocycles. The maximum Gasteiger partial charge on any atom is 0.204 e. The number of hydrogen-bond donors (Lipinski definition) is 0. The standard InChI is InChI=1S/C27H31N5O2S/c1-5-20-7-10-23(11-8-20)32-26(22-13-15-28-16-14-22)29-31(27(32)35)19-30(3)18-21-9-12-24(34-6-2)25(17-21)33-4/h7-17H,5-6,18-19H2,1-4H3. The number of pyridine rings is 1. The lowest BCUT2D eigenvalue weighted by molar-refractivity contribution is 0.243. The van der Waals surface area contributed by atoms with Crippen molar-refractivity contribution in [3.8, 4) is 28.6 Å². The van der Waals surface area contributed by atoms with Crippen LogP contribution in [0.2, 0.25) is 0 Å². The molecule has 4 aromatic rings. The summed E-state index contributed by atoms with van der Waals surface area (Å²) in [6.45, 7) is 5.94. The zero-order valence-electron chi connectivity index (χ0n) is 20.6.